The van der Waals surface area contributed by atoms with Crippen molar-refractivity contribution in [2.45, 2.75) is 51.5 Å². The van der Waals surface area contributed by atoms with Gasteiger partial charge in [-0.1, -0.05) is 5.16 Å². The maximum absolute atomic E-state index is 13.1. The highest BCUT2D eigenvalue weighted by Gasteiger charge is 2.31. The maximum atomic E-state index is 13.1. The van der Waals surface area contributed by atoms with E-state index in [2.05, 4.69) is 17.1 Å². The molecule has 0 spiro atoms. The molecule has 2 N–H and O–H groups in total. The van der Waals surface area contributed by atoms with E-state index < -0.39 is 0 Å². The van der Waals surface area contributed by atoms with Gasteiger partial charge >= 0.3 is 0 Å². The number of nitrogens with two attached hydrogens (primary N) is 1. The summed E-state index contributed by atoms with van der Waals surface area (Å²) >= 11 is 0. The number of carbonyl (C=O) groups is 1. The standard InChI is InChI=1S/C18H24N4O2/c1-10(19)12-5-7-22(8-6-12)18(23)14-9-15(13-3-4-13)20-17-16(14)11(2)21-24-17/h9-10,12-13H,3-8,19H2,1-2H3. The third-order valence-corrected chi connectivity index (χ3v) is 5.43. The van der Waals surface area contributed by atoms with Crippen molar-refractivity contribution in [3.8, 4) is 0 Å². The van der Waals surface area contributed by atoms with Crippen molar-refractivity contribution in [2.75, 3.05) is 13.1 Å². The summed E-state index contributed by atoms with van der Waals surface area (Å²) in [5.41, 5.74) is 8.89. The summed E-state index contributed by atoms with van der Waals surface area (Å²) < 4.78 is 5.35. The van der Waals surface area contributed by atoms with E-state index in [-0.39, 0.29) is 11.9 Å². The highest BCUT2D eigenvalue weighted by Crippen LogP contribution is 2.40. The summed E-state index contributed by atoms with van der Waals surface area (Å²) in [6.07, 6.45) is 4.21. The summed E-state index contributed by atoms with van der Waals surface area (Å²) in [4.78, 5) is 19.6. The summed E-state index contributed by atoms with van der Waals surface area (Å²) in [5, 5.41) is 4.78. The van der Waals surface area contributed by atoms with E-state index in [9.17, 15) is 4.79 Å². The van der Waals surface area contributed by atoms with Crippen LogP contribution in [0.2, 0.25) is 0 Å². The number of nitrogens with zero attached hydrogens (tertiary/aromatic N) is 3. The minimum atomic E-state index is 0.0683. The Morgan fingerprint density at radius 3 is 2.67 bits per heavy atom. The molecule has 1 atom stereocenters. The van der Waals surface area contributed by atoms with Crippen LogP contribution in [0, 0.1) is 12.8 Å². The molecule has 2 aromatic rings. The Morgan fingerprint density at radius 1 is 1.33 bits per heavy atom. The molecule has 4 rings (SSSR count). The molecule has 6 heteroatoms. The van der Waals surface area contributed by atoms with E-state index in [4.69, 9.17) is 10.3 Å². The van der Waals surface area contributed by atoms with Gasteiger partial charge in [-0.3, -0.25) is 4.79 Å². The highest BCUT2D eigenvalue weighted by atomic mass is 16.5. The van der Waals surface area contributed by atoms with Crippen molar-refractivity contribution in [3.05, 3.63) is 23.0 Å². The monoisotopic (exact) mass is 328 g/mol. The molecule has 0 aromatic carbocycles. The van der Waals surface area contributed by atoms with Crippen LogP contribution in [0.15, 0.2) is 10.6 Å². The van der Waals surface area contributed by atoms with Gasteiger partial charge in [0.1, 0.15) is 0 Å². The predicted octanol–water partition coefficient (Wildman–Crippen LogP) is 2.61. The fourth-order valence-corrected chi connectivity index (χ4v) is 3.67. The lowest BCUT2D eigenvalue weighted by Crippen LogP contribution is -2.42. The van der Waals surface area contributed by atoms with Crippen molar-refractivity contribution in [3.63, 3.8) is 0 Å². The number of hydrogen-bond donors (Lipinski definition) is 1. The average Bonchev–Trinajstić information content (AvgIpc) is 3.37. The van der Waals surface area contributed by atoms with Crippen molar-refractivity contribution in [1.82, 2.24) is 15.0 Å². The number of likely N-dealkylation sites (tertiary alicyclic amines) is 1. The normalized spacial score (nSPS) is 20.5. The van der Waals surface area contributed by atoms with Crippen LogP contribution < -0.4 is 5.73 Å². The molecule has 1 unspecified atom stereocenters. The van der Waals surface area contributed by atoms with E-state index in [0.717, 1.165) is 55.5 Å². The smallest absolute Gasteiger partial charge is 0.259 e. The molecule has 1 aliphatic carbocycles. The molecule has 1 aliphatic heterocycles. The maximum Gasteiger partial charge on any atom is 0.259 e. The number of hydrogen-bond acceptors (Lipinski definition) is 5. The van der Waals surface area contributed by atoms with Crippen molar-refractivity contribution >= 4 is 17.0 Å². The molecular weight excluding hydrogens is 304 g/mol. The topological polar surface area (TPSA) is 85.2 Å². The molecule has 2 aliphatic rings. The molecule has 128 valence electrons. The Hall–Kier alpha value is -1.95. The van der Waals surface area contributed by atoms with Gasteiger partial charge in [-0.25, -0.2) is 4.98 Å². The van der Waals surface area contributed by atoms with Crippen LogP contribution in [-0.2, 0) is 0 Å². The molecule has 3 heterocycles. The van der Waals surface area contributed by atoms with Crippen LogP contribution in [-0.4, -0.2) is 40.1 Å². The van der Waals surface area contributed by atoms with Crippen LogP contribution in [0.4, 0.5) is 0 Å². The molecular formula is C18H24N4O2. The Kier molecular flexibility index (Phi) is 3.79. The summed E-state index contributed by atoms with van der Waals surface area (Å²) in [6, 6.07) is 2.15. The van der Waals surface area contributed by atoms with Gasteiger partial charge in [-0.15, -0.1) is 0 Å². The van der Waals surface area contributed by atoms with Crippen molar-refractivity contribution < 1.29 is 9.32 Å². The van der Waals surface area contributed by atoms with Gasteiger partial charge in [0.25, 0.3) is 11.6 Å². The van der Waals surface area contributed by atoms with Crippen LogP contribution in [0.1, 0.15) is 60.3 Å². The van der Waals surface area contributed by atoms with Gasteiger partial charge in [0.2, 0.25) is 0 Å². The van der Waals surface area contributed by atoms with Crippen LogP contribution >= 0.6 is 0 Å². The minimum absolute atomic E-state index is 0.0683. The largest absolute Gasteiger partial charge is 0.339 e. The Bertz CT molecular complexity index is 771. The van der Waals surface area contributed by atoms with Gasteiger partial charge in [0, 0.05) is 30.7 Å². The van der Waals surface area contributed by atoms with Crippen LogP contribution in [0.3, 0.4) is 0 Å². The first-order valence-corrected chi connectivity index (χ1v) is 8.86. The predicted molar refractivity (Wildman–Crippen MR) is 90.8 cm³/mol. The zero-order valence-electron chi connectivity index (χ0n) is 14.3. The Balaban J connectivity index is 1.65. The number of aromatic nitrogens is 2. The first-order chi connectivity index (χ1) is 11.5. The van der Waals surface area contributed by atoms with Crippen molar-refractivity contribution in [2.24, 2.45) is 11.7 Å². The minimum Gasteiger partial charge on any atom is -0.339 e. The number of aryl methyl sites for hydroxylation is 1. The number of fused-ring (bicyclic) bond motifs is 1. The van der Waals surface area contributed by atoms with E-state index >= 15 is 0 Å². The fourth-order valence-electron chi connectivity index (χ4n) is 3.67. The fraction of sp³-hybridized carbons (Fsp3) is 0.611. The van der Waals surface area contributed by atoms with E-state index in [1.807, 2.05) is 17.9 Å². The molecule has 1 saturated carbocycles. The molecule has 0 bridgehead atoms. The van der Waals surface area contributed by atoms with Gasteiger partial charge in [0.15, 0.2) is 0 Å². The molecule has 24 heavy (non-hydrogen) atoms. The lowest BCUT2D eigenvalue weighted by atomic mass is 9.90. The van der Waals surface area contributed by atoms with E-state index in [1.54, 1.807) is 0 Å². The molecule has 2 fully saturated rings. The average molecular weight is 328 g/mol. The second-order valence-electron chi connectivity index (χ2n) is 7.31. The highest BCUT2D eigenvalue weighted by molar-refractivity contribution is 6.06. The van der Waals surface area contributed by atoms with Gasteiger partial charge in [-0.05, 0) is 51.5 Å². The summed E-state index contributed by atoms with van der Waals surface area (Å²) in [6.45, 7) is 5.44. The van der Waals surface area contributed by atoms with Crippen molar-refractivity contribution in [1.29, 1.82) is 0 Å². The number of piperidine rings is 1. The second kappa shape index (κ2) is 5.84. The Morgan fingerprint density at radius 2 is 2.04 bits per heavy atom. The Labute approximate surface area is 141 Å². The molecule has 2 aromatic heterocycles. The van der Waals surface area contributed by atoms with Gasteiger partial charge in [-0.2, -0.15) is 0 Å². The molecule has 0 radical (unpaired) electrons. The molecule has 1 amide bonds. The number of rotatable bonds is 3. The third-order valence-electron chi connectivity index (χ3n) is 5.43. The van der Waals surface area contributed by atoms with E-state index in [1.165, 1.54) is 0 Å². The number of pyridine rings is 1. The molecule has 6 nitrogen and oxygen atoms in total. The van der Waals surface area contributed by atoms with Gasteiger partial charge in [0.05, 0.1) is 16.6 Å². The summed E-state index contributed by atoms with van der Waals surface area (Å²) in [5.74, 6) is 1.04. The van der Waals surface area contributed by atoms with Crippen LogP contribution in [0.25, 0.3) is 11.1 Å². The quantitative estimate of drug-likeness (QED) is 0.936. The van der Waals surface area contributed by atoms with E-state index in [0.29, 0.717) is 23.1 Å². The number of amides is 1. The second-order valence-corrected chi connectivity index (χ2v) is 7.31. The first kappa shape index (κ1) is 15.6. The third kappa shape index (κ3) is 2.69. The van der Waals surface area contributed by atoms with Crippen LogP contribution in [0.5, 0.6) is 0 Å². The zero-order chi connectivity index (χ0) is 16.8. The number of carbonyl (C=O) groups excluding carboxylic acids is 1. The summed E-state index contributed by atoms with van der Waals surface area (Å²) in [7, 11) is 0. The lowest BCUT2D eigenvalue weighted by molar-refractivity contribution is 0.0682. The molecule has 1 saturated heterocycles. The zero-order valence-corrected chi connectivity index (χ0v) is 14.3. The SMILES string of the molecule is Cc1noc2nc(C3CC3)cc(C(=O)N3CCC(C(C)N)CC3)c12. The lowest BCUT2D eigenvalue weighted by Gasteiger charge is -2.33. The first-order valence-electron chi connectivity index (χ1n) is 8.86. The van der Waals surface area contributed by atoms with Gasteiger partial charge < -0.3 is 15.2 Å².